The maximum Gasteiger partial charge on any atom is 0.244 e. The number of amides is 8. The molecule has 0 spiro atoms. The molecular formula is C51H75N11O9S2. The summed E-state index contributed by atoms with van der Waals surface area (Å²) >= 11 is 0. The van der Waals surface area contributed by atoms with Gasteiger partial charge in [0.05, 0.1) is 13.0 Å². The van der Waals surface area contributed by atoms with Crippen molar-refractivity contribution in [1.29, 1.82) is 0 Å². The van der Waals surface area contributed by atoms with Crippen LogP contribution < -0.4 is 59.6 Å². The van der Waals surface area contributed by atoms with E-state index in [2.05, 4.69) is 36.9 Å². The molecule has 5 rings (SSSR count). The Kier molecular flexibility index (Phi) is 22.5. The number of benzene rings is 2. The molecule has 3 aliphatic rings. The number of nitrogens with one attached hydrogen (secondary N) is 6. The van der Waals surface area contributed by atoms with Crippen LogP contribution in [0.25, 0.3) is 0 Å². The number of ether oxygens (including phenoxy) is 1. The smallest absolute Gasteiger partial charge is 0.244 e. The molecule has 0 aromatic heterocycles. The van der Waals surface area contributed by atoms with E-state index >= 15 is 0 Å². The molecule has 14 N–H and O–H groups in total. The van der Waals surface area contributed by atoms with E-state index in [9.17, 15) is 38.4 Å². The van der Waals surface area contributed by atoms with Crippen molar-refractivity contribution in [3.63, 3.8) is 0 Å². The summed E-state index contributed by atoms with van der Waals surface area (Å²) in [4.78, 5) is 116. The van der Waals surface area contributed by atoms with Crippen LogP contribution in [0.1, 0.15) is 109 Å². The second-order valence-corrected chi connectivity index (χ2v) is 22.3. The van der Waals surface area contributed by atoms with E-state index in [0.717, 1.165) is 56.9 Å². The number of nitrogens with zero attached hydrogens (tertiary/aromatic N) is 1. The molecule has 0 unspecified atom stereocenters. The highest BCUT2D eigenvalue weighted by molar-refractivity contribution is 8.77. The van der Waals surface area contributed by atoms with E-state index < -0.39 is 94.7 Å². The zero-order valence-electron chi connectivity index (χ0n) is 42.2. The Morgan fingerprint density at radius 3 is 1.86 bits per heavy atom. The van der Waals surface area contributed by atoms with E-state index in [4.69, 9.17) is 27.7 Å². The summed E-state index contributed by atoms with van der Waals surface area (Å²) in [5.41, 5.74) is 23.8. The van der Waals surface area contributed by atoms with Gasteiger partial charge in [0.2, 0.25) is 47.3 Å². The van der Waals surface area contributed by atoms with Crippen molar-refractivity contribution < 1.29 is 43.1 Å². The average molecular weight is 1050 g/mol. The molecule has 2 aromatic rings. The molecule has 0 bridgehead atoms. The predicted molar refractivity (Wildman–Crippen MR) is 282 cm³/mol. The second kappa shape index (κ2) is 28.4. The number of aliphatic imine (C=N–C) groups is 1. The molecule has 73 heavy (non-hydrogen) atoms. The van der Waals surface area contributed by atoms with Crippen molar-refractivity contribution in [3.8, 4) is 5.75 Å². The standard InChI is InChI=1S/C51H75N11O9S2/c1-4-71-35-22-20-32(21-23-35)26-37-45(66)59-38(25-31-13-6-5-7-14-31)47(68)62-43(30(2)3)49(70)60-39(27-41(52)63)46(67)61-40(48(69)58-36(44(53)65)19-12-24-56-50(54)55)29-72-73-51(28-42(64)57-37,33-15-8-9-16-33)34-17-10-11-18-34/h5-7,13-14,20-23,30,33-34,36-40,43H,4,8-12,15-19,24-29H2,1-3H3,(H2,52,63)(H2,53,65)(H,57,64)(H,58,69)(H,59,66)(H,60,70)(H,61,67)(H,62,68)(H4,54,55,56)/t36-,37-,38-,39-,40-,43-/m0/s1. The Labute approximate surface area is 435 Å². The molecule has 22 heteroatoms. The molecule has 6 atom stereocenters. The SMILES string of the molecule is CCOc1ccc(C[C@@H]2NC(=O)CC(C3CCCC3)(C3CCCC3)SSC[C@@H](C(=O)N[C@@H](CCCN=C(N)N)C(N)=O)NC(=O)[C@H](CC(N)=O)NC(=O)[C@H](C(C)C)NC(=O)[C@H](Cc3ccccc3)NC2=O)cc1. The van der Waals surface area contributed by atoms with Crippen LogP contribution in [0.2, 0.25) is 0 Å². The van der Waals surface area contributed by atoms with E-state index in [1.54, 1.807) is 50.2 Å². The largest absolute Gasteiger partial charge is 0.494 e. The number of guanidine groups is 1. The number of rotatable bonds is 18. The fourth-order valence-electron chi connectivity index (χ4n) is 9.97. The summed E-state index contributed by atoms with van der Waals surface area (Å²) in [6.45, 7) is 5.82. The van der Waals surface area contributed by atoms with Crippen molar-refractivity contribution in [1.82, 2.24) is 31.9 Å². The second-order valence-electron chi connectivity index (χ2n) is 19.5. The molecule has 3 fully saturated rings. The number of carbonyl (C=O) groups excluding carboxylic acids is 8. The van der Waals surface area contributed by atoms with E-state index in [1.165, 1.54) is 21.6 Å². The number of carbonyl (C=O) groups is 8. The van der Waals surface area contributed by atoms with Gasteiger partial charge in [-0.05, 0) is 86.5 Å². The first-order chi connectivity index (χ1) is 34.9. The molecule has 2 aliphatic carbocycles. The van der Waals surface area contributed by atoms with Gasteiger partial charge in [-0.15, -0.1) is 0 Å². The first-order valence-corrected chi connectivity index (χ1v) is 27.7. The van der Waals surface area contributed by atoms with Crippen LogP contribution >= 0.6 is 21.6 Å². The normalized spacial score (nSPS) is 23.5. The lowest BCUT2D eigenvalue weighted by molar-refractivity contribution is -0.136. The highest BCUT2D eigenvalue weighted by atomic mass is 33.1. The zero-order valence-corrected chi connectivity index (χ0v) is 43.8. The summed E-state index contributed by atoms with van der Waals surface area (Å²) in [6.07, 6.45) is 7.05. The lowest BCUT2D eigenvalue weighted by Gasteiger charge is -2.43. The van der Waals surface area contributed by atoms with Gasteiger partial charge < -0.3 is 59.6 Å². The van der Waals surface area contributed by atoms with E-state index in [0.29, 0.717) is 17.9 Å². The van der Waals surface area contributed by atoms with Crippen molar-refractivity contribution in [2.75, 3.05) is 18.9 Å². The molecule has 8 amide bonds. The summed E-state index contributed by atoms with van der Waals surface area (Å²) in [6, 6.07) is 8.35. The van der Waals surface area contributed by atoms with Crippen LogP contribution in [0, 0.1) is 17.8 Å². The Morgan fingerprint density at radius 1 is 0.740 bits per heavy atom. The third kappa shape index (κ3) is 17.6. The van der Waals surface area contributed by atoms with Gasteiger partial charge in [-0.1, -0.05) is 104 Å². The van der Waals surface area contributed by atoms with Crippen LogP contribution in [0.4, 0.5) is 0 Å². The minimum Gasteiger partial charge on any atom is -0.494 e. The van der Waals surface area contributed by atoms with Gasteiger partial charge >= 0.3 is 0 Å². The molecule has 20 nitrogen and oxygen atoms in total. The summed E-state index contributed by atoms with van der Waals surface area (Å²) in [5, 5.41) is 16.8. The van der Waals surface area contributed by atoms with Gasteiger partial charge in [0.15, 0.2) is 5.96 Å². The summed E-state index contributed by atoms with van der Waals surface area (Å²) in [5.74, 6) is -6.06. The lowest BCUT2D eigenvalue weighted by atomic mass is 9.76. The van der Waals surface area contributed by atoms with Crippen LogP contribution in [0.15, 0.2) is 59.6 Å². The van der Waals surface area contributed by atoms with Gasteiger partial charge in [-0.2, -0.15) is 0 Å². The van der Waals surface area contributed by atoms with Gasteiger partial charge in [0.25, 0.3) is 0 Å². The average Bonchev–Trinajstić information content (AvgIpc) is 4.10. The van der Waals surface area contributed by atoms with Crippen LogP contribution in [0.5, 0.6) is 5.75 Å². The number of primary amides is 2. The number of nitrogens with two attached hydrogens (primary N) is 4. The zero-order chi connectivity index (χ0) is 53.1. The van der Waals surface area contributed by atoms with Crippen molar-refractivity contribution >= 4 is 74.8 Å². The first-order valence-electron chi connectivity index (χ1n) is 25.4. The number of hydrogen-bond acceptors (Lipinski definition) is 12. The van der Waals surface area contributed by atoms with Crippen molar-refractivity contribution in [3.05, 3.63) is 65.7 Å². The predicted octanol–water partition coefficient (Wildman–Crippen LogP) is 1.75. The van der Waals surface area contributed by atoms with E-state index in [1.807, 2.05) is 25.1 Å². The Morgan fingerprint density at radius 2 is 1.30 bits per heavy atom. The summed E-state index contributed by atoms with van der Waals surface area (Å²) in [7, 11) is 2.79. The molecule has 0 radical (unpaired) electrons. The fourth-order valence-corrected chi connectivity index (χ4v) is 13.8. The van der Waals surface area contributed by atoms with Gasteiger partial charge in [-0.3, -0.25) is 43.3 Å². The van der Waals surface area contributed by atoms with Gasteiger partial charge in [0.1, 0.15) is 42.0 Å². The molecular weight excluding hydrogens is 975 g/mol. The molecule has 1 heterocycles. The van der Waals surface area contributed by atoms with Gasteiger partial charge in [-0.25, -0.2) is 0 Å². The molecule has 2 saturated carbocycles. The topological polar surface area (TPSA) is 334 Å². The fraction of sp³-hybridized carbons (Fsp3) is 0.588. The molecule has 2 aromatic carbocycles. The Bertz CT molecular complexity index is 2220. The minimum atomic E-state index is -1.61. The monoisotopic (exact) mass is 1050 g/mol. The quantitative estimate of drug-likeness (QED) is 0.0441. The summed E-state index contributed by atoms with van der Waals surface area (Å²) < 4.78 is 4.99. The lowest BCUT2D eigenvalue weighted by Crippen LogP contribution is -2.61. The van der Waals surface area contributed by atoms with E-state index in [-0.39, 0.29) is 68.1 Å². The Balaban J connectivity index is 1.60. The maximum atomic E-state index is 15.0. The van der Waals surface area contributed by atoms with Crippen LogP contribution in [-0.4, -0.2) is 113 Å². The van der Waals surface area contributed by atoms with Crippen molar-refractivity contribution in [2.24, 2.45) is 45.7 Å². The highest BCUT2D eigenvalue weighted by Crippen LogP contribution is 2.57. The molecule has 1 aliphatic heterocycles. The third-order valence-corrected chi connectivity index (χ3v) is 17.1. The van der Waals surface area contributed by atoms with Crippen LogP contribution in [0.3, 0.4) is 0 Å². The highest BCUT2D eigenvalue weighted by Gasteiger charge is 2.50. The minimum absolute atomic E-state index is 0.0118. The van der Waals surface area contributed by atoms with Crippen LogP contribution in [-0.2, 0) is 51.2 Å². The first kappa shape index (κ1) is 57.9. The molecule has 400 valence electrons. The third-order valence-electron chi connectivity index (χ3n) is 13.7. The number of hydrogen-bond donors (Lipinski definition) is 10. The Hall–Kier alpha value is -6.03. The maximum absolute atomic E-state index is 15.0. The molecule has 1 saturated heterocycles. The van der Waals surface area contributed by atoms with Crippen molar-refractivity contribution in [2.45, 2.75) is 152 Å². The van der Waals surface area contributed by atoms with Gasteiger partial charge in [0, 0.05) is 36.3 Å².